The van der Waals surface area contributed by atoms with Crippen LogP contribution in [-0.2, 0) is 17.8 Å². The molecule has 0 bridgehead atoms. The second-order valence-electron chi connectivity index (χ2n) is 4.13. The van der Waals surface area contributed by atoms with Crippen LogP contribution < -0.4 is 5.32 Å². The molecule has 0 fully saturated rings. The molecule has 1 aromatic heterocycles. The lowest BCUT2D eigenvalue weighted by Crippen LogP contribution is -2.14. The minimum atomic E-state index is 0.563. The zero-order valence-electron chi connectivity index (χ0n) is 9.38. The highest BCUT2D eigenvalue weighted by atomic mass is 16.5. The fourth-order valence-electron chi connectivity index (χ4n) is 1.61. The number of hydrogen-bond donors (Lipinski definition) is 1. The molecule has 2 heterocycles. The molecule has 1 aromatic rings. The van der Waals surface area contributed by atoms with Crippen LogP contribution in [-0.4, -0.2) is 18.3 Å². The van der Waals surface area contributed by atoms with Gasteiger partial charge in [-0.25, -0.2) is 0 Å². The van der Waals surface area contributed by atoms with Gasteiger partial charge in [0.25, 0.3) is 0 Å². The zero-order valence-corrected chi connectivity index (χ0v) is 9.38. The first kappa shape index (κ1) is 10.5. The monoisotopic (exact) mass is 210 g/mol. The van der Waals surface area contributed by atoms with Gasteiger partial charge in [0, 0.05) is 18.5 Å². The Kier molecular flexibility index (Phi) is 3.26. The molecule has 0 saturated carbocycles. The smallest absolute Gasteiger partial charge is 0.173 e. The Morgan fingerprint density at radius 3 is 3.20 bits per heavy atom. The van der Waals surface area contributed by atoms with Crippen LogP contribution in [0, 0.1) is 5.92 Å². The average Bonchev–Trinajstić information content (AvgIpc) is 2.69. The minimum Gasteiger partial charge on any atom is -0.373 e. The zero-order chi connectivity index (χ0) is 10.7. The number of fused-ring (bicyclic) bond motifs is 1. The van der Waals surface area contributed by atoms with Gasteiger partial charge < -0.3 is 14.6 Å². The van der Waals surface area contributed by atoms with Crippen LogP contribution in [0.3, 0.4) is 0 Å². The molecule has 0 aliphatic carbocycles. The van der Waals surface area contributed by atoms with Gasteiger partial charge in [0.2, 0.25) is 0 Å². The summed E-state index contributed by atoms with van der Waals surface area (Å²) >= 11 is 0. The van der Waals surface area contributed by atoms with E-state index in [4.69, 9.17) is 9.26 Å². The summed E-state index contributed by atoms with van der Waals surface area (Å²) in [5.74, 6) is 2.46. The van der Waals surface area contributed by atoms with Crippen molar-refractivity contribution < 1.29 is 9.26 Å². The molecular weight excluding hydrogens is 192 g/mol. The molecule has 0 spiro atoms. The molecule has 0 amide bonds. The second-order valence-corrected chi connectivity index (χ2v) is 4.13. The molecule has 4 heteroatoms. The first-order valence-corrected chi connectivity index (χ1v) is 5.60. The van der Waals surface area contributed by atoms with E-state index < -0.39 is 0 Å². The summed E-state index contributed by atoms with van der Waals surface area (Å²) in [6.07, 6.45) is 2.08. The Hall–Kier alpha value is -1.03. The third-order valence-electron chi connectivity index (χ3n) is 2.91. The highest BCUT2D eigenvalue weighted by Gasteiger charge is 2.19. The van der Waals surface area contributed by atoms with E-state index in [1.807, 2.05) is 0 Å². The van der Waals surface area contributed by atoms with Gasteiger partial charge in [-0.05, 0) is 5.92 Å². The van der Waals surface area contributed by atoms with Gasteiger partial charge in [-0.2, -0.15) is 0 Å². The molecule has 2 rings (SSSR count). The van der Waals surface area contributed by atoms with Crippen molar-refractivity contribution in [1.82, 2.24) is 5.16 Å². The van der Waals surface area contributed by atoms with Gasteiger partial charge in [0.05, 0.1) is 6.61 Å². The molecule has 0 radical (unpaired) electrons. The van der Waals surface area contributed by atoms with E-state index in [2.05, 4.69) is 24.3 Å². The van der Waals surface area contributed by atoms with E-state index in [1.165, 1.54) is 12.0 Å². The topological polar surface area (TPSA) is 47.3 Å². The maximum absolute atomic E-state index is 5.29. The fourth-order valence-corrected chi connectivity index (χ4v) is 1.61. The number of aromatic nitrogens is 1. The molecule has 1 aliphatic rings. The second kappa shape index (κ2) is 4.66. The quantitative estimate of drug-likeness (QED) is 0.827. The van der Waals surface area contributed by atoms with Gasteiger partial charge in [0.1, 0.15) is 6.61 Å². The Bertz CT molecular complexity index is 322. The van der Waals surface area contributed by atoms with Crippen molar-refractivity contribution in [3.8, 4) is 0 Å². The highest BCUT2D eigenvalue weighted by molar-refractivity contribution is 5.45. The lowest BCUT2D eigenvalue weighted by Gasteiger charge is -2.13. The number of nitrogens with one attached hydrogen (secondary N) is 1. The van der Waals surface area contributed by atoms with E-state index >= 15 is 0 Å². The summed E-state index contributed by atoms with van der Waals surface area (Å²) in [5.41, 5.74) is 1.20. The Balaban J connectivity index is 1.99. The largest absolute Gasteiger partial charge is 0.373 e. The van der Waals surface area contributed by atoms with Gasteiger partial charge in [-0.15, -0.1) is 0 Å². The fraction of sp³-hybridized carbons (Fsp3) is 0.727. The molecule has 84 valence electrons. The molecule has 1 aliphatic heterocycles. The third-order valence-corrected chi connectivity index (χ3v) is 2.91. The lowest BCUT2D eigenvalue weighted by molar-refractivity contribution is 0.0894. The Morgan fingerprint density at radius 2 is 2.40 bits per heavy atom. The average molecular weight is 210 g/mol. The van der Waals surface area contributed by atoms with Crippen LogP contribution >= 0.6 is 0 Å². The molecule has 15 heavy (non-hydrogen) atoms. The summed E-state index contributed by atoms with van der Waals surface area (Å²) in [6, 6.07) is 0. The van der Waals surface area contributed by atoms with Crippen molar-refractivity contribution >= 4 is 5.82 Å². The molecule has 0 aromatic carbocycles. The molecule has 0 saturated heterocycles. The predicted octanol–water partition coefficient (Wildman–Crippen LogP) is 2.21. The molecule has 1 unspecified atom stereocenters. The summed E-state index contributed by atoms with van der Waals surface area (Å²) in [5, 5.41) is 7.38. The van der Waals surface area contributed by atoms with Crippen molar-refractivity contribution in [3.05, 3.63) is 11.3 Å². The number of anilines is 1. The summed E-state index contributed by atoms with van der Waals surface area (Å²) in [4.78, 5) is 0. The Labute approximate surface area is 90.0 Å². The van der Waals surface area contributed by atoms with Gasteiger partial charge in [0.15, 0.2) is 11.6 Å². The van der Waals surface area contributed by atoms with Gasteiger partial charge >= 0.3 is 0 Å². The molecular formula is C11H18N2O2. The number of hydrogen-bond acceptors (Lipinski definition) is 4. The van der Waals surface area contributed by atoms with Crippen LogP contribution in [0.4, 0.5) is 5.82 Å². The van der Waals surface area contributed by atoms with Crippen LogP contribution in [0.2, 0.25) is 0 Å². The lowest BCUT2D eigenvalue weighted by atomic mass is 10.1. The van der Waals surface area contributed by atoms with E-state index in [0.717, 1.165) is 31.2 Å². The van der Waals surface area contributed by atoms with Crippen molar-refractivity contribution in [1.29, 1.82) is 0 Å². The van der Waals surface area contributed by atoms with Gasteiger partial charge in [-0.1, -0.05) is 25.4 Å². The SMILES string of the molecule is CCC(C)CNc1noc2c1CCOC2. The normalized spacial score (nSPS) is 17.2. The number of ether oxygens (including phenoxy) is 1. The van der Waals surface area contributed by atoms with Crippen LogP contribution in [0.25, 0.3) is 0 Å². The third kappa shape index (κ3) is 2.31. The van der Waals surface area contributed by atoms with Crippen LogP contribution in [0.1, 0.15) is 31.6 Å². The standard InChI is InChI=1S/C11H18N2O2/c1-3-8(2)6-12-11-9-4-5-14-7-10(9)15-13-11/h8H,3-7H2,1-2H3,(H,12,13). The first-order chi connectivity index (χ1) is 7.31. The van der Waals surface area contributed by atoms with E-state index in [9.17, 15) is 0 Å². The van der Waals surface area contributed by atoms with Crippen LogP contribution in [0.5, 0.6) is 0 Å². The van der Waals surface area contributed by atoms with Crippen molar-refractivity contribution in [3.63, 3.8) is 0 Å². The Morgan fingerprint density at radius 1 is 1.53 bits per heavy atom. The molecule has 1 atom stereocenters. The van der Waals surface area contributed by atoms with E-state index in [-0.39, 0.29) is 0 Å². The molecule has 4 nitrogen and oxygen atoms in total. The van der Waals surface area contributed by atoms with Crippen LogP contribution in [0.15, 0.2) is 4.52 Å². The highest BCUT2D eigenvalue weighted by Crippen LogP contribution is 2.24. The number of nitrogens with zero attached hydrogens (tertiary/aromatic N) is 1. The van der Waals surface area contributed by atoms with Crippen molar-refractivity contribution in [2.75, 3.05) is 18.5 Å². The summed E-state index contributed by atoms with van der Waals surface area (Å²) < 4.78 is 10.5. The maximum atomic E-state index is 5.29. The first-order valence-electron chi connectivity index (χ1n) is 5.60. The molecule has 1 N–H and O–H groups in total. The van der Waals surface area contributed by atoms with Gasteiger partial charge in [-0.3, -0.25) is 0 Å². The predicted molar refractivity (Wildman–Crippen MR) is 57.8 cm³/mol. The summed E-state index contributed by atoms with van der Waals surface area (Å²) in [7, 11) is 0. The van der Waals surface area contributed by atoms with E-state index in [1.54, 1.807) is 0 Å². The van der Waals surface area contributed by atoms with Crippen molar-refractivity contribution in [2.45, 2.75) is 33.3 Å². The number of rotatable bonds is 4. The van der Waals surface area contributed by atoms with E-state index in [0.29, 0.717) is 12.5 Å². The minimum absolute atomic E-state index is 0.563. The summed E-state index contributed by atoms with van der Waals surface area (Å²) in [6.45, 7) is 6.71. The maximum Gasteiger partial charge on any atom is 0.173 e. The van der Waals surface area contributed by atoms with Crippen molar-refractivity contribution in [2.24, 2.45) is 5.92 Å².